The Hall–Kier alpha value is -4.10. The quantitative estimate of drug-likeness (QED) is 0.438. The molecule has 0 spiro atoms. The molecule has 230 valence electrons. The zero-order chi connectivity index (χ0) is 30.7. The number of aromatic nitrogens is 1. The smallest absolute Gasteiger partial charge is 0.275 e. The number of carbonyl (C=O) groups is 4. The highest BCUT2D eigenvalue weighted by Gasteiger charge is 2.48. The molecule has 44 heavy (non-hydrogen) atoms. The van der Waals surface area contributed by atoms with Crippen LogP contribution in [-0.4, -0.2) is 87.7 Å². The van der Waals surface area contributed by atoms with Crippen molar-refractivity contribution >= 4 is 34.6 Å². The van der Waals surface area contributed by atoms with Crippen LogP contribution in [0.3, 0.4) is 0 Å². The van der Waals surface area contributed by atoms with Gasteiger partial charge in [-0.05, 0) is 68.6 Å². The molecule has 7 rings (SSSR count). The molecule has 2 atom stereocenters. The minimum atomic E-state index is -2.96. The Labute approximate surface area is 250 Å². The van der Waals surface area contributed by atoms with E-state index in [0.717, 1.165) is 16.0 Å². The van der Waals surface area contributed by atoms with Crippen molar-refractivity contribution in [3.63, 3.8) is 0 Å². The van der Waals surface area contributed by atoms with Crippen molar-refractivity contribution in [3.8, 4) is 0 Å². The highest BCUT2D eigenvalue weighted by molar-refractivity contribution is 6.23. The van der Waals surface area contributed by atoms with Crippen molar-refractivity contribution in [3.05, 3.63) is 64.6 Å². The fourth-order valence-corrected chi connectivity index (χ4v) is 7.17. The summed E-state index contributed by atoms with van der Waals surface area (Å²) >= 11 is 0. The predicted octanol–water partition coefficient (Wildman–Crippen LogP) is 3.46. The average molecular weight is 610 g/mol. The lowest BCUT2D eigenvalue weighted by Gasteiger charge is -2.45. The van der Waals surface area contributed by atoms with Gasteiger partial charge in [-0.25, -0.2) is 13.2 Å². The molecule has 13 heteroatoms. The minimum absolute atomic E-state index is 0.0261. The molecule has 4 aliphatic rings. The van der Waals surface area contributed by atoms with E-state index in [1.54, 1.807) is 23.1 Å². The summed E-state index contributed by atoms with van der Waals surface area (Å²) in [5, 5.41) is 7.08. The number of fused-ring (bicyclic) bond motifs is 2. The van der Waals surface area contributed by atoms with E-state index in [9.17, 15) is 23.6 Å². The van der Waals surface area contributed by atoms with Crippen molar-refractivity contribution in [2.75, 3.05) is 26.2 Å². The first-order chi connectivity index (χ1) is 21.1. The van der Waals surface area contributed by atoms with Crippen LogP contribution in [0.4, 0.5) is 13.2 Å². The summed E-state index contributed by atoms with van der Waals surface area (Å²) in [5.74, 6) is -5.68. The van der Waals surface area contributed by atoms with Crippen LogP contribution in [0.2, 0.25) is 0 Å². The first-order valence-corrected chi connectivity index (χ1v) is 14.8. The molecule has 1 aromatic heterocycles. The first kappa shape index (κ1) is 28.7. The molecule has 3 saturated heterocycles. The molecule has 3 aromatic rings. The van der Waals surface area contributed by atoms with Crippen molar-refractivity contribution in [2.45, 2.75) is 62.6 Å². The van der Waals surface area contributed by atoms with Gasteiger partial charge in [0.1, 0.15) is 11.9 Å². The van der Waals surface area contributed by atoms with Crippen LogP contribution in [0, 0.1) is 5.82 Å². The third-order valence-corrected chi connectivity index (χ3v) is 9.37. The van der Waals surface area contributed by atoms with Gasteiger partial charge in [0.05, 0.1) is 29.4 Å². The normalized spacial score (nSPS) is 25.1. The van der Waals surface area contributed by atoms with Gasteiger partial charge in [0.15, 0.2) is 5.58 Å². The summed E-state index contributed by atoms with van der Waals surface area (Å²) in [5.41, 5.74) is 2.03. The number of carbonyl (C=O) groups excluding carboxylic acids is 4. The number of hydrogen-bond acceptors (Lipinski definition) is 8. The van der Waals surface area contributed by atoms with E-state index < -0.39 is 54.0 Å². The number of benzene rings is 2. The SMILES string of the molecule is O=C1CCC(N2C(=O)c3ccc(CN4CCC(N5CCC(c6noc7cc(F)ccc67)CC5)C(F)(F)C4)cc3C2=O)C(=O)N1. The van der Waals surface area contributed by atoms with Crippen LogP contribution in [0.1, 0.15) is 70.0 Å². The maximum Gasteiger partial charge on any atom is 0.275 e. The number of hydrogen-bond donors (Lipinski definition) is 1. The molecule has 0 radical (unpaired) electrons. The average Bonchev–Trinajstić information content (AvgIpc) is 3.51. The van der Waals surface area contributed by atoms with Crippen molar-refractivity contribution in [2.24, 2.45) is 0 Å². The highest BCUT2D eigenvalue weighted by atomic mass is 19.3. The zero-order valence-corrected chi connectivity index (χ0v) is 23.7. The Bertz CT molecular complexity index is 1680. The van der Waals surface area contributed by atoms with Gasteiger partial charge in [0, 0.05) is 36.9 Å². The summed E-state index contributed by atoms with van der Waals surface area (Å²) in [7, 11) is 0. The van der Waals surface area contributed by atoms with E-state index in [0.29, 0.717) is 43.6 Å². The van der Waals surface area contributed by atoms with Gasteiger partial charge >= 0.3 is 0 Å². The molecule has 10 nitrogen and oxygen atoms in total. The molecule has 0 saturated carbocycles. The summed E-state index contributed by atoms with van der Waals surface area (Å²) in [6.07, 6.45) is 1.65. The summed E-state index contributed by atoms with van der Waals surface area (Å²) in [4.78, 5) is 54.4. The van der Waals surface area contributed by atoms with Crippen molar-refractivity contribution in [1.82, 2.24) is 25.2 Å². The lowest BCUT2D eigenvalue weighted by atomic mass is 9.89. The molecule has 5 heterocycles. The topological polar surface area (TPSA) is 116 Å². The van der Waals surface area contributed by atoms with E-state index in [4.69, 9.17) is 4.52 Å². The molecule has 2 aromatic carbocycles. The second-order valence-corrected chi connectivity index (χ2v) is 12.1. The Morgan fingerprint density at radius 2 is 1.70 bits per heavy atom. The summed E-state index contributed by atoms with van der Waals surface area (Å²) in [6.45, 7) is 1.16. The standard InChI is InChI=1S/C31H30F3N5O5/c32-19-2-4-21-24(14-19)44-36-27(21)18-7-11-38(12-8-18)25-9-10-37(16-31(25,33)34)15-17-1-3-20-22(13-17)30(43)39(29(20)42)23-5-6-26(40)35-28(23)41/h1-4,13-14,18,23,25H,5-12,15-16H2,(H,35,40,41). The lowest BCUT2D eigenvalue weighted by Crippen LogP contribution is -2.59. The van der Waals surface area contributed by atoms with Gasteiger partial charge in [-0.3, -0.25) is 39.2 Å². The van der Waals surface area contributed by atoms with Crippen LogP contribution in [0.25, 0.3) is 11.0 Å². The van der Waals surface area contributed by atoms with Crippen molar-refractivity contribution < 1.29 is 36.9 Å². The molecule has 3 fully saturated rings. The van der Waals surface area contributed by atoms with Crippen molar-refractivity contribution in [1.29, 1.82) is 0 Å². The molecule has 0 bridgehead atoms. The number of rotatable bonds is 5. The number of halogens is 3. The number of nitrogens with zero attached hydrogens (tertiary/aromatic N) is 4. The second-order valence-electron chi connectivity index (χ2n) is 12.1. The number of amides is 4. The highest BCUT2D eigenvalue weighted by Crippen LogP contribution is 2.38. The molecular weight excluding hydrogens is 579 g/mol. The number of likely N-dealkylation sites (tertiary alicyclic amines) is 2. The fraction of sp³-hybridized carbons (Fsp3) is 0.452. The van der Waals surface area contributed by atoms with E-state index in [1.165, 1.54) is 18.2 Å². The number of imide groups is 2. The number of nitrogens with one attached hydrogen (secondary N) is 1. The van der Waals surface area contributed by atoms with Gasteiger partial charge in [0.25, 0.3) is 17.7 Å². The number of alkyl halides is 2. The molecule has 2 unspecified atom stereocenters. The third-order valence-electron chi connectivity index (χ3n) is 9.37. The van der Waals surface area contributed by atoms with Crippen LogP contribution in [0.5, 0.6) is 0 Å². The largest absolute Gasteiger partial charge is 0.356 e. The van der Waals surface area contributed by atoms with Gasteiger partial charge in [0.2, 0.25) is 11.8 Å². The molecule has 4 aliphatic heterocycles. The molecule has 1 N–H and O–H groups in total. The Morgan fingerprint density at radius 3 is 2.45 bits per heavy atom. The van der Waals surface area contributed by atoms with E-state index >= 15 is 8.78 Å². The lowest BCUT2D eigenvalue weighted by molar-refractivity contribution is -0.136. The second kappa shape index (κ2) is 10.8. The van der Waals surface area contributed by atoms with Gasteiger partial charge in [-0.15, -0.1) is 0 Å². The molecule has 4 amide bonds. The summed E-state index contributed by atoms with van der Waals surface area (Å²) in [6, 6.07) is 7.04. The number of piperidine rings is 3. The Kier molecular flexibility index (Phi) is 7.04. The van der Waals surface area contributed by atoms with Crippen LogP contribution in [0.15, 0.2) is 40.9 Å². The van der Waals surface area contributed by atoms with E-state index in [2.05, 4.69) is 10.5 Å². The molecular formula is C31H30F3N5O5. The fourth-order valence-electron chi connectivity index (χ4n) is 7.17. The predicted molar refractivity (Wildman–Crippen MR) is 149 cm³/mol. The van der Waals surface area contributed by atoms with Gasteiger partial charge < -0.3 is 4.52 Å². The van der Waals surface area contributed by atoms with Gasteiger partial charge in [-0.1, -0.05) is 11.2 Å². The first-order valence-electron chi connectivity index (χ1n) is 14.8. The van der Waals surface area contributed by atoms with E-state index in [-0.39, 0.29) is 42.9 Å². The Balaban J connectivity index is 0.977. The molecule has 0 aliphatic carbocycles. The Morgan fingerprint density at radius 1 is 0.932 bits per heavy atom. The zero-order valence-electron chi connectivity index (χ0n) is 23.7. The van der Waals surface area contributed by atoms with Crippen LogP contribution in [-0.2, 0) is 16.1 Å². The van der Waals surface area contributed by atoms with Gasteiger partial charge in [-0.2, -0.15) is 0 Å². The van der Waals surface area contributed by atoms with E-state index in [1.807, 2.05) is 4.90 Å². The third kappa shape index (κ3) is 4.97. The van der Waals surface area contributed by atoms with Crippen LogP contribution >= 0.6 is 0 Å². The van der Waals surface area contributed by atoms with Crippen LogP contribution < -0.4 is 5.32 Å². The summed E-state index contributed by atoms with van der Waals surface area (Å²) < 4.78 is 50.0. The maximum atomic E-state index is 15.6. The monoisotopic (exact) mass is 609 g/mol. The maximum absolute atomic E-state index is 15.6. The minimum Gasteiger partial charge on any atom is -0.356 e.